The van der Waals surface area contributed by atoms with Gasteiger partial charge in [0.25, 0.3) is 5.91 Å². The molecule has 1 aliphatic heterocycles. The van der Waals surface area contributed by atoms with E-state index in [-0.39, 0.29) is 18.4 Å². The Kier molecular flexibility index (Phi) is 10.3. The van der Waals surface area contributed by atoms with E-state index in [1.54, 1.807) is 17.0 Å². The van der Waals surface area contributed by atoms with Gasteiger partial charge in [0.2, 0.25) is 0 Å². The highest BCUT2D eigenvalue weighted by atomic mass is 17.2. The van der Waals surface area contributed by atoms with Crippen LogP contribution in [0.1, 0.15) is 62.2 Å². The third-order valence-corrected chi connectivity index (χ3v) is 7.95. The van der Waals surface area contributed by atoms with Crippen LogP contribution in [0.5, 0.6) is 5.75 Å². The van der Waals surface area contributed by atoms with Gasteiger partial charge >= 0.3 is 12.1 Å². The Labute approximate surface area is 276 Å². The van der Waals surface area contributed by atoms with E-state index in [0.717, 1.165) is 28.2 Å². The molecule has 0 radical (unpaired) electrons. The van der Waals surface area contributed by atoms with Gasteiger partial charge in [-0.3, -0.25) is 14.6 Å². The standard InChI is InChI=1S/C38H43N3O6/c1-6-13-34(42)47-46-32-20-18-28(19-21-32)25-31-26-39(37(44)45-38(3,4)5)22-23-40(31)36(43)33-24-27(2)41(30-16-11-8-12-17-30)35(33)29-14-9-7-10-15-29/h7-12,14-21,24,31H,6,13,22-23,25-26H2,1-5H3/t31-/m1/s1. The van der Waals surface area contributed by atoms with Crippen molar-refractivity contribution in [1.82, 2.24) is 14.4 Å². The number of benzene rings is 3. The molecule has 1 aromatic heterocycles. The summed E-state index contributed by atoms with van der Waals surface area (Å²) in [6.07, 6.45) is 1.03. The van der Waals surface area contributed by atoms with Crippen molar-refractivity contribution in [2.45, 2.75) is 65.5 Å². The first-order valence-electron chi connectivity index (χ1n) is 16.1. The Morgan fingerprint density at radius 2 is 1.53 bits per heavy atom. The molecule has 0 saturated carbocycles. The molecule has 1 saturated heterocycles. The highest BCUT2D eigenvalue weighted by Crippen LogP contribution is 2.33. The van der Waals surface area contributed by atoms with Crippen LogP contribution in [-0.4, -0.2) is 63.6 Å². The van der Waals surface area contributed by atoms with Crippen molar-refractivity contribution in [3.05, 3.63) is 108 Å². The van der Waals surface area contributed by atoms with Crippen LogP contribution in [0.25, 0.3) is 16.9 Å². The van der Waals surface area contributed by atoms with Crippen molar-refractivity contribution in [3.63, 3.8) is 0 Å². The summed E-state index contributed by atoms with van der Waals surface area (Å²) in [4.78, 5) is 53.2. The number of piperazine rings is 1. The summed E-state index contributed by atoms with van der Waals surface area (Å²) in [6.45, 7) is 10.4. The van der Waals surface area contributed by atoms with E-state index in [4.69, 9.17) is 14.5 Å². The van der Waals surface area contributed by atoms with Gasteiger partial charge in [0.1, 0.15) is 5.60 Å². The van der Waals surface area contributed by atoms with Crippen LogP contribution in [0.3, 0.4) is 0 Å². The van der Waals surface area contributed by atoms with Crippen molar-refractivity contribution in [2.75, 3.05) is 19.6 Å². The number of aryl methyl sites for hydroxylation is 1. The van der Waals surface area contributed by atoms with Gasteiger partial charge in [-0.25, -0.2) is 9.59 Å². The molecule has 2 heterocycles. The maximum Gasteiger partial charge on any atom is 0.410 e. The first kappa shape index (κ1) is 33.3. The minimum absolute atomic E-state index is 0.0988. The lowest BCUT2D eigenvalue weighted by molar-refractivity contribution is -0.213. The fraction of sp³-hybridized carbons (Fsp3) is 0.342. The van der Waals surface area contributed by atoms with Crippen molar-refractivity contribution >= 4 is 18.0 Å². The Bertz CT molecular complexity index is 1680. The summed E-state index contributed by atoms with van der Waals surface area (Å²) in [5, 5.41) is 0. The first-order chi connectivity index (χ1) is 22.5. The molecule has 4 aromatic rings. The summed E-state index contributed by atoms with van der Waals surface area (Å²) in [6, 6.07) is 28.8. The zero-order chi connectivity index (χ0) is 33.6. The molecule has 5 rings (SSSR count). The predicted octanol–water partition coefficient (Wildman–Crippen LogP) is 7.39. The van der Waals surface area contributed by atoms with Gasteiger partial charge in [-0.05, 0) is 82.0 Å². The van der Waals surface area contributed by atoms with Crippen molar-refractivity contribution in [1.29, 1.82) is 0 Å². The molecule has 3 aromatic carbocycles. The maximum atomic E-state index is 14.7. The topological polar surface area (TPSA) is 90.3 Å². The molecule has 0 aliphatic carbocycles. The van der Waals surface area contributed by atoms with Gasteiger partial charge in [-0.15, -0.1) is 0 Å². The smallest absolute Gasteiger partial charge is 0.410 e. The summed E-state index contributed by atoms with van der Waals surface area (Å²) in [7, 11) is 0. The van der Waals surface area contributed by atoms with E-state index in [1.165, 1.54) is 0 Å². The monoisotopic (exact) mass is 637 g/mol. The number of para-hydroxylation sites is 1. The zero-order valence-corrected chi connectivity index (χ0v) is 27.8. The van der Waals surface area contributed by atoms with Crippen LogP contribution in [0.2, 0.25) is 0 Å². The van der Waals surface area contributed by atoms with Gasteiger partial charge in [0.05, 0.1) is 17.3 Å². The molecule has 0 N–H and O–H groups in total. The van der Waals surface area contributed by atoms with E-state index < -0.39 is 17.7 Å². The maximum absolute atomic E-state index is 14.7. The molecule has 0 unspecified atom stereocenters. The van der Waals surface area contributed by atoms with Gasteiger partial charge in [-0.2, -0.15) is 0 Å². The second-order valence-corrected chi connectivity index (χ2v) is 12.8. The molecule has 47 heavy (non-hydrogen) atoms. The summed E-state index contributed by atoms with van der Waals surface area (Å²) < 4.78 is 7.83. The van der Waals surface area contributed by atoms with Crippen molar-refractivity contribution < 1.29 is 28.9 Å². The number of amides is 2. The number of carbonyl (C=O) groups is 3. The highest BCUT2D eigenvalue weighted by molar-refractivity contribution is 6.01. The molecular formula is C38H43N3O6. The minimum Gasteiger partial charge on any atom is -0.444 e. The second kappa shape index (κ2) is 14.6. The molecule has 2 amide bonds. The third-order valence-electron chi connectivity index (χ3n) is 7.95. The fourth-order valence-electron chi connectivity index (χ4n) is 5.83. The Balaban J connectivity index is 1.46. The highest BCUT2D eigenvalue weighted by Gasteiger charge is 2.36. The molecule has 0 spiro atoms. The number of carbonyl (C=O) groups excluding carboxylic acids is 3. The summed E-state index contributed by atoms with van der Waals surface area (Å²) >= 11 is 0. The Morgan fingerprint density at radius 1 is 0.872 bits per heavy atom. The van der Waals surface area contributed by atoms with E-state index in [2.05, 4.69) is 4.57 Å². The van der Waals surface area contributed by atoms with E-state index in [9.17, 15) is 14.4 Å². The number of nitrogens with zero attached hydrogens (tertiary/aromatic N) is 3. The molecule has 0 bridgehead atoms. The Morgan fingerprint density at radius 3 is 2.17 bits per heavy atom. The number of hydrogen-bond donors (Lipinski definition) is 0. The number of ether oxygens (including phenoxy) is 1. The van der Waals surface area contributed by atoms with Crippen molar-refractivity contribution in [3.8, 4) is 22.7 Å². The van der Waals surface area contributed by atoms with E-state index >= 15 is 0 Å². The van der Waals surface area contributed by atoms with Crippen LogP contribution in [0.4, 0.5) is 4.79 Å². The van der Waals surface area contributed by atoms with Crippen LogP contribution < -0.4 is 4.89 Å². The Hall–Kier alpha value is -5.05. The normalized spacial score (nSPS) is 14.9. The van der Waals surface area contributed by atoms with Crippen molar-refractivity contribution in [2.24, 2.45) is 0 Å². The largest absolute Gasteiger partial charge is 0.444 e. The number of aromatic nitrogens is 1. The second-order valence-electron chi connectivity index (χ2n) is 12.8. The molecule has 1 fully saturated rings. The van der Waals surface area contributed by atoms with Gasteiger partial charge < -0.3 is 19.1 Å². The lowest BCUT2D eigenvalue weighted by atomic mass is 10.00. The summed E-state index contributed by atoms with van der Waals surface area (Å²) in [5.41, 5.74) is 4.57. The van der Waals surface area contributed by atoms with Crippen LogP contribution in [0.15, 0.2) is 91.0 Å². The number of rotatable bonds is 9. The average molecular weight is 638 g/mol. The predicted molar refractivity (Wildman–Crippen MR) is 180 cm³/mol. The van der Waals surface area contributed by atoms with Crippen LogP contribution in [-0.2, 0) is 20.8 Å². The molecule has 1 aliphatic rings. The molecule has 9 nitrogen and oxygen atoms in total. The lowest BCUT2D eigenvalue weighted by Gasteiger charge is -2.42. The summed E-state index contributed by atoms with van der Waals surface area (Å²) in [5.74, 6) is -0.130. The van der Waals surface area contributed by atoms with Gasteiger partial charge in [0.15, 0.2) is 5.75 Å². The molecule has 1 atom stereocenters. The van der Waals surface area contributed by atoms with Crippen LogP contribution >= 0.6 is 0 Å². The average Bonchev–Trinajstić information content (AvgIpc) is 3.41. The molecular weight excluding hydrogens is 594 g/mol. The molecule has 246 valence electrons. The first-order valence-corrected chi connectivity index (χ1v) is 16.1. The minimum atomic E-state index is -0.640. The van der Waals surface area contributed by atoms with E-state index in [0.29, 0.717) is 43.8 Å². The lowest BCUT2D eigenvalue weighted by Crippen LogP contribution is -2.57. The SMILES string of the molecule is CCCC(=O)OOc1ccc(C[C@@H]2CN(C(=O)OC(C)(C)C)CCN2C(=O)c2cc(C)n(-c3ccccc3)c2-c2ccccc2)cc1. The fourth-order valence-corrected chi connectivity index (χ4v) is 5.83. The van der Waals surface area contributed by atoms with Gasteiger partial charge in [0, 0.05) is 37.4 Å². The van der Waals surface area contributed by atoms with Gasteiger partial charge in [-0.1, -0.05) is 67.6 Å². The quantitative estimate of drug-likeness (QED) is 0.140. The molecule has 9 heteroatoms. The van der Waals surface area contributed by atoms with Crippen LogP contribution in [0, 0.1) is 6.92 Å². The zero-order valence-electron chi connectivity index (χ0n) is 27.8. The number of hydrogen-bond acceptors (Lipinski definition) is 6. The third kappa shape index (κ3) is 8.22. The van der Waals surface area contributed by atoms with E-state index in [1.807, 2.05) is 118 Å².